The largest absolute Gasteiger partial charge is 0.467 e. The van der Waals surface area contributed by atoms with Gasteiger partial charge in [-0.25, -0.2) is 4.79 Å². The van der Waals surface area contributed by atoms with Gasteiger partial charge >= 0.3 is 5.97 Å². The first kappa shape index (κ1) is 21.2. The summed E-state index contributed by atoms with van der Waals surface area (Å²) in [6.07, 6.45) is 0.0543. The second-order valence-corrected chi connectivity index (χ2v) is 6.11. The number of nitrogens with one attached hydrogen (secondary N) is 2. The molecule has 1 aromatic carbocycles. The van der Waals surface area contributed by atoms with E-state index >= 15 is 0 Å². The molecule has 2 amide bonds. The van der Waals surface area contributed by atoms with Gasteiger partial charge in [0.15, 0.2) is 0 Å². The number of hydrogen-bond acceptors (Lipinski definition) is 5. The molecule has 0 heterocycles. The standard InChI is InChI=1S/C19H25N3O4/c1-13(11-12-20)18(19(25)26-3)22-17(24)10-9-16(23)21-14(2)15-7-5-4-6-8-15/h4-8,13-14,18H,9-11H2,1-3H3,(H,21,23)(H,22,24)/t13-,14+,18+/m0/s1. The van der Waals surface area contributed by atoms with E-state index in [9.17, 15) is 14.4 Å². The van der Waals surface area contributed by atoms with Crippen LogP contribution in [-0.2, 0) is 19.1 Å². The number of esters is 1. The normalized spacial score (nSPS) is 13.6. The number of ether oxygens (including phenoxy) is 1. The van der Waals surface area contributed by atoms with E-state index in [0.29, 0.717) is 0 Å². The van der Waals surface area contributed by atoms with Crippen molar-refractivity contribution in [2.24, 2.45) is 5.92 Å². The molecule has 0 aliphatic rings. The molecular weight excluding hydrogens is 334 g/mol. The highest BCUT2D eigenvalue weighted by atomic mass is 16.5. The predicted octanol–water partition coefficient (Wildman–Crippen LogP) is 1.85. The maximum atomic E-state index is 12.1. The Bertz CT molecular complexity index is 654. The molecule has 0 aromatic heterocycles. The minimum absolute atomic E-state index is 0.00350. The summed E-state index contributed by atoms with van der Waals surface area (Å²) in [6.45, 7) is 3.55. The van der Waals surface area contributed by atoms with Crippen LogP contribution in [0.3, 0.4) is 0 Å². The fourth-order valence-electron chi connectivity index (χ4n) is 2.43. The van der Waals surface area contributed by atoms with Gasteiger partial charge in [-0.05, 0) is 12.5 Å². The molecule has 2 N–H and O–H groups in total. The Balaban J connectivity index is 2.49. The first-order chi connectivity index (χ1) is 12.4. The van der Waals surface area contributed by atoms with E-state index in [1.54, 1.807) is 6.92 Å². The van der Waals surface area contributed by atoms with Crippen LogP contribution in [0, 0.1) is 17.2 Å². The summed E-state index contributed by atoms with van der Waals surface area (Å²) in [5.74, 6) is -1.68. The summed E-state index contributed by atoms with van der Waals surface area (Å²) in [5.41, 5.74) is 0.974. The van der Waals surface area contributed by atoms with Gasteiger partial charge in [-0.3, -0.25) is 9.59 Å². The van der Waals surface area contributed by atoms with E-state index in [1.807, 2.05) is 43.3 Å². The van der Waals surface area contributed by atoms with Crippen molar-refractivity contribution in [3.8, 4) is 6.07 Å². The monoisotopic (exact) mass is 359 g/mol. The Morgan fingerprint density at radius 3 is 2.19 bits per heavy atom. The lowest BCUT2D eigenvalue weighted by Gasteiger charge is -2.21. The Morgan fingerprint density at radius 1 is 1.08 bits per heavy atom. The van der Waals surface area contributed by atoms with Gasteiger partial charge in [0.05, 0.1) is 19.2 Å². The van der Waals surface area contributed by atoms with Crippen LogP contribution in [0.4, 0.5) is 0 Å². The van der Waals surface area contributed by atoms with Crippen LogP contribution in [0.1, 0.15) is 44.7 Å². The van der Waals surface area contributed by atoms with Crippen molar-refractivity contribution < 1.29 is 19.1 Å². The van der Waals surface area contributed by atoms with Gasteiger partial charge in [-0.15, -0.1) is 0 Å². The van der Waals surface area contributed by atoms with Crippen molar-refractivity contribution in [3.63, 3.8) is 0 Å². The number of nitrogens with zero attached hydrogens (tertiary/aromatic N) is 1. The molecule has 0 saturated carbocycles. The minimum Gasteiger partial charge on any atom is -0.467 e. The van der Waals surface area contributed by atoms with Crippen LogP contribution >= 0.6 is 0 Å². The van der Waals surface area contributed by atoms with Gasteiger partial charge in [0.1, 0.15) is 6.04 Å². The molecule has 1 aromatic rings. The van der Waals surface area contributed by atoms with Crippen LogP contribution in [0.2, 0.25) is 0 Å². The van der Waals surface area contributed by atoms with Crippen molar-refractivity contribution in [3.05, 3.63) is 35.9 Å². The van der Waals surface area contributed by atoms with Crippen molar-refractivity contribution in [1.29, 1.82) is 5.26 Å². The fraction of sp³-hybridized carbons (Fsp3) is 0.474. The number of amides is 2. The molecule has 0 radical (unpaired) electrons. The average molecular weight is 359 g/mol. The quantitative estimate of drug-likeness (QED) is 0.654. The molecule has 0 unspecified atom stereocenters. The number of methoxy groups -OCH3 is 1. The van der Waals surface area contributed by atoms with E-state index in [-0.39, 0.29) is 37.1 Å². The van der Waals surface area contributed by atoms with Crippen LogP contribution in [0.15, 0.2) is 30.3 Å². The number of hydrogen-bond donors (Lipinski definition) is 2. The van der Waals surface area contributed by atoms with E-state index in [0.717, 1.165) is 5.56 Å². The Hall–Kier alpha value is -2.88. The lowest BCUT2D eigenvalue weighted by atomic mass is 9.98. The Labute approximate surface area is 153 Å². The molecule has 7 heteroatoms. The number of benzene rings is 1. The van der Waals surface area contributed by atoms with Crippen molar-refractivity contribution in [2.45, 2.75) is 45.2 Å². The number of rotatable bonds is 9. The lowest BCUT2D eigenvalue weighted by molar-refractivity contribution is -0.146. The molecule has 0 spiro atoms. The zero-order valence-electron chi connectivity index (χ0n) is 15.3. The molecule has 0 bridgehead atoms. The van der Waals surface area contributed by atoms with Gasteiger partial charge < -0.3 is 15.4 Å². The molecule has 0 saturated heterocycles. The van der Waals surface area contributed by atoms with Gasteiger partial charge in [-0.2, -0.15) is 5.26 Å². The summed E-state index contributed by atoms with van der Waals surface area (Å²) in [6, 6.07) is 10.4. The second kappa shape index (κ2) is 10.9. The average Bonchev–Trinajstić information content (AvgIpc) is 2.64. The lowest BCUT2D eigenvalue weighted by Crippen LogP contribution is -2.46. The smallest absolute Gasteiger partial charge is 0.328 e. The van der Waals surface area contributed by atoms with Gasteiger partial charge in [0, 0.05) is 25.2 Å². The first-order valence-corrected chi connectivity index (χ1v) is 8.47. The zero-order chi connectivity index (χ0) is 19.5. The number of carbonyl (C=O) groups is 3. The van der Waals surface area contributed by atoms with Gasteiger partial charge in [-0.1, -0.05) is 37.3 Å². The number of carbonyl (C=O) groups excluding carboxylic acids is 3. The summed E-state index contributed by atoms with van der Waals surface area (Å²) in [7, 11) is 1.22. The third kappa shape index (κ3) is 6.93. The van der Waals surface area contributed by atoms with Crippen LogP contribution in [0.25, 0.3) is 0 Å². The maximum absolute atomic E-state index is 12.1. The van der Waals surface area contributed by atoms with E-state index in [4.69, 9.17) is 5.26 Å². The van der Waals surface area contributed by atoms with Crippen molar-refractivity contribution >= 4 is 17.8 Å². The van der Waals surface area contributed by atoms with Crippen LogP contribution < -0.4 is 10.6 Å². The van der Waals surface area contributed by atoms with Gasteiger partial charge in [0.25, 0.3) is 0 Å². The van der Waals surface area contributed by atoms with E-state index in [2.05, 4.69) is 15.4 Å². The van der Waals surface area contributed by atoms with Crippen LogP contribution in [-0.4, -0.2) is 30.9 Å². The Morgan fingerprint density at radius 2 is 1.65 bits per heavy atom. The molecule has 7 nitrogen and oxygen atoms in total. The van der Waals surface area contributed by atoms with Gasteiger partial charge in [0.2, 0.25) is 11.8 Å². The maximum Gasteiger partial charge on any atom is 0.328 e. The SMILES string of the molecule is COC(=O)[C@H](NC(=O)CCC(=O)N[C@H](C)c1ccccc1)[C@@H](C)CC#N. The second-order valence-electron chi connectivity index (χ2n) is 6.11. The molecule has 3 atom stereocenters. The summed E-state index contributed by atoms with van der Waals surface area (Å²) >= 11 is 0. The summed E-state index contributed by atoms with van der Waals surface area (Å²) in [4.78, 5) is 35.9. The molecule has 0 aliphatic heterocycles. The first-order valence-electron chi connectivity index (χ1n) is 8.47. The van der Waals surface area contributed by atoms with E-state index in [1.165, 1.54) is 7.11 Å². The molecular formula is C19H25N3O4. The highest BCUT2D eigenvalue weighted by Crippen LogP contribution is 2.12. The minimum atomic E-state index is -0.904. The molecule has 1 rings (SSSR count). The Kier molecular flexibility index (Phi) is 8.85. The topological polar surface area (TPSA) is 108 Å². The van der Waals surface area contributed by atoms with Crippen LogP contribution in [0.5, 0.6) is 0 Å². The highest BCUT2D eigenvalue weighted by Gasteiger charge is 2.27. The third-order valence-corrected chi connectivity index (χ3v) is 4.01. The third-order valence-electron chi connectivity index (χ3n) is 4.01. The number of nitriles is 1. The van der Waals surface area contributed by atoms with Crippen molar-refractivity contribution in [2.75, 3.05) is 7.11 Å². The molecule has 140 valence electrons. The summed E-state index contributed by atoms with van der Waals surface area (Å²) < 4.78 is 4.67. The fourth-order valence-corrected chi connectivity index (χ4v) is 2.43. The van der Waals surface area contributed by atoms with Crippen molar-refractivity contribution in [1.82, 2.24) is 10.6 Å². The molecule has 0 aliphatic carbocycles. The highest BCUT2D eigenvalue weighted by molar-refractivity contribution is 5.87. The zero-order valence-corrected chi connectivity index (χ0v) is 15.3. The molecule has 26 heavy (non-hydrogen) atoms. The molecule has 0 fully saturated rings. The predicted molar refractivity (Wildman–Crippen MR) is 95.6 cm³/mol. The summed E-state index contributed by atoms with van der Waals surface area (Å²) in [5, 5.41) is 14.1. The van der Waals surface area contributed by atoms with E-state index < -0.39 is 17.9 Å².